The van der Waals surface area contributed by atoms with E-state index in [2.05, 4.69) is 0 Å². The van der Waals surface area contributed by atoms with E-state index in [9.17, 15) is 4.79 Å². The fourth-order valence-corrected chi connectivity index (χ4v) is 2.34. The van der Waals surface area contributed by atoms with Gasteiger partial charge in [0, 0.05) is 33.2 Å². The molecule has 4 heteroatoms. The molecule has 100 valence electrons. The van der Waals surface area contributed by atoms with Crippen molar-refractivity contribution in [2.45, 2.75) is 38.5 Å². The van der Waals surface area contributed by atoms with Gasteiger partial charge in [-0.15, -0.1) is 0 Å². The monoisotopic (exact) mass is 242 g/mol. The van der Waals surface area contributed by atoms with Crippen molar-refractivity contribution in [3.63, 3.8) is 0 Å². The van der Waals surface area contributed by atoms with Gasteiger partial charge in [-0.05, 0) is 38.1 Å². The molecule has 1 aliphatic heterocycles. The van der Waals surface area contributed by atoms with Crippen molar-refractivity contribution < 1.29 is 9.53 Å². The molecule has 2 N–H and O–H groups in total. The smallest absolute Gasteiger partial charge is 0.222 e. The molecule has 1 heterocycles. The van der Waals surface area contributed by atoms with Gasteiger partial charge in [0.05, 0.1) is 0 Å². The van der Waals surface area contributed by atoms with Crippen LogP contribution in [-0.4, -0.2) is 44.2 Å². The molecule has 1 fully saturated rings. The number of carbonyl (C=O) groups is 1. The van der Waals surface area contributed by atoms with Crippen LogP contribution in [0.4, 0.5) is 0 Å². The number of piperidine rings is 1. The highest BCUT2D eigenvalue weighted by atomic mass is 16.5. The van der Waals surface area contributed by atoms with Gasteiger partial charge in [-0.3, -0.25) is 4.79 Å². The van der Waals surface area contributed by atoms with Crippen LogP contribution in [0, 0.1) is 5.92 Å². The van der Waals surface area contributed by atoms with Crippen molar-refractivity contribution in [1.82, 2.24) is 4.90 Å². The molecular formula is C13H26N2O2. The Hall–Kier alpha value is -0.610. The van der Waals surface area contributed by atoms with E-state index in [0.29, 0.717) is 18.2 Å². The summed E-state index contributed by atoms with van der Waals surface area (Å²) in [5.41, 5.74) is 5.42. The summed E-state index contributed by atoms with van der Waals surface area (Å²) < 4.78 is 5.15. The third-order valence-corrected chi connectivity index (χ3v) is 3.46. The van der Waals surface area contributed by atoms with Crippen molar-refractivity contribution in [2.75, 3.05) is 33.4 Å². The molecule has 0 radical (unpaired) electrons. The van der Waals surface area contributed by atoms with Crippen LogP contribution in [0.15, 0.2) is 0 Å². The molecule has 1 rings (SSSR count). The lowest BCUT2D eigenvalue weighted by atomic mass is 9.97. The fourth-order valence-electron chi connectivity index (χ4n) is 2.34. The molecule has 0 spiro atoms. The Labute approximate surface area is 104 Å². The van der Waals surface area contributed by atoms with Crippen LogP contribution < -0.4 is 5.73 Å². The Bertz CT molecular complexity index is 213. The highest BCUT2D eigenvalue weighted by molar-refractivity contribution is 5.76. The second kappa shape index (κ2) is 8.48. The van der Waals surface area contributed by atoms with E-state index in [-0.39, 0.29) is 0 Å². The van der Waals surface area contributed by atoms with Gasteiger partial charge in [-0.25, -0.2) is 0 Å². The molecule has 0 unspecified atom stereocenters. The summed E-state index contributed by atoms with van der Waals surface area (Å²) in [6, 6.07) is 0. The average Bonchev–Trinajstić information content (AvgIpc) is 2.36. The lowest BCUT2D eigenvalue weighted by Gasteiger charge is -2.31. The zero-order valence-corrected chi connectivity index (χ0v) is 11.0. The number of methoxy groups -OCH3 is 1. The summed E-state index contributed by atoms with van der Waals surface area (Å²) in [6.45, 7) is 3.38. The van der Waals surface area contributed by atoms with Crippen LogP contribution in [0.1, 0.15) is 38.5 Å². The minimum absolute atomic E-state index is 0.317. The minimum atomic E-state index is 0.317. The molecule has 1 saturated heterocycles. The molecular weight excluding hydrogens is 216 g/mol. The summed E-state index contributed by atoms with van der Waals surface area (Å²) in [4.78, 5) is 13.9. The average molecular weight is 242 g/mol. The Kier molecular flexibility index (Phi) is 7.21. The maximum Gasteiger partial charge on any atom is 0.222 e. The maximum absolute atomic E-state index is 11.9. The number of amides is 1. The van der Waals surface area contributed by atoms with E-state index in [4.69, 9.17) is 10.5 Å². The normalized spacial score (nSPS) is 17.4. The van der Waals surface area contributed by atoms with Crippen LogP contribution in [0.25, 0.3) is 0 Å². The number of carbonyl (C=O) groups excluding carboxylic acids is 1. The van der Waals surface area contributed by atoms with E-state index < -0.39 is 0 Å². The van der Waals surface area contributed by atoms with E-state index in [1.165, 1.54) is 0 Å². The van der Waals surface area contributed by atoms with Gasteiger partial charge in [-0.1, -0.05) is 6.42 Å². The van der Waals surface area contributed by atoms with Crippen LogP contribution in [0.2, 0.25) is 0 Å². The Morgan fingerprint density at radius 2 is 2.00 bits per heavy atom. The van der Waals surface area contributed by atoms with E-state index in [1.54, 1.807) is 7.11 Å². The predicted molar refractivity (Wildman–Crippen MR) is 68.7 cm³/mol. The highest BCUT2D eigenvalue weighted by Gasteiger charge is 2.21. The quantitative estimate of drug-likeness (QED) is 0.686. The maximum atomic E-state index is 11.9. The first-order valence-corrected chi connectivity index (χ1v) is 6.74. The predicted octanol–water partition coefficient (Wildman–Crippen LogP) is 1.39. The highest BCUT2D eigenvalue weighted by Crippen LogP contribution is 2.18. The van der Waals surface area contributed by atoms with Gasteiger partial charge in [0.2, 0.25) is 5.91 Å². The molecule has 0 saturated carbocycles. The molecule has 0 bridgehead atoms. The van der Waals surface area contributed by atoms with Crippen molar-refractivity contribution in [1.29, 1.82) is 0 Å². The van der Waals surface area contributed by atoms with Gasteiger partial charge < -0.3 is 15.4 Å². The van der Waals surface area contributed by atoms with Crippen LogP contribution >= 0.6 is 0 Å². The second-order valence-electron chi connectivity index (χ2n) is 4.88. The number of unbranched alkanes of at least 4 members (excludes halogenated alkanes) is 2. The molecule has 0 aromatic heterocycles. The van der Waals surface area contributed by atoms with Crippen LogP contribution in [-0.2, 0) is 9.53 Å². The minimum Gasteiger partial charge on any atom is -0.384 e. The largest absolute Gasteiger partial charge is 0.384 e. The van der Waals surface area contributed by atoms with E-state index >= 15 is 0 Å². The topological polar surface area (TPSA) is 55.6 Å². The first-order valence-electron chi connectivity index (χ1n) is 6.74. The van der Waals surface area contributed by atoms with Crippen LogP contribution in [0.3, 0.4) is 0 Å². The number of ether oxygens (including phenoxy) is 1. The summed E-state index contributed by atoms with van der Waals surface area (Å²) in [5, 5.41) is 0. The summed E-state index contributed by atoms with van der Waals surface area (Å²) in [7, 11) is 1.75. The Morgan fingerprint density at radius 3 is 2.59 bits per heavy atom. The van der Waals surface area contributed by atoms with Gasteiger partial charge in [0.25, 0.3) is 0 Å². The number of hydrogen-bond acceptors (Lipinski definition) is 3. The standard InChI is InChI=1S/C13H26N2O2/c1-17-11-12-6-9-15(10-7-12)13(16)5-3-2-4-8-14/h12H,2-11,14H2,1H3. The van der Waals surface area contributed by atoms with Crippen molar-refractivity contribution in [3.05, 3.63) is 0 Å². The zero-order valence-electron chi connectivity index (χ0n) is 11.0. The van der Waals surface area contributed by atoms with Gasteiger partial charge in [0.15, 0.2) is 0 Å². The fraction of sp³-hybridized carbons (Fsp3) is 0.923. The third kappa shape index (κ3) is 5.50. The van der Waals surface area contributed by atoms with Crippen molar-refractivity contribution >= 4 is 5.91 Å². The summed E-state index contributed by atoms with van der Waals surface area (Å²) in [6.07, 6.45) is 5.94. The molecule has 4 nitrogen and oxygen atoms in total. The van der Waals surface area contributed by atoms with Crippen molar-refractivity contribution in [3.8, 4) is 0 Å². The number of likely N-dealkylation sites (tertiary alicyclic amines) is 1. The molecule has 0 aromatic carbocycles. The SMILES string of the molecule is COCC1CCN(C(=O)CCCCCN)CC1. The molecule has 17 heavy (non-hydrogen) atoms. The van der Waals surface area contributed by atoms with E-state index in [0.717, 1.165) is 58.3 Å². The summed E-state index contributed by atoms with van der Waals surface area (Å²) in [5.74, 6) is 0.958. The third-order valence-electron chi connectivity index (χ3n) is 3.46. The molecule has 0 atom stereocenters. The molecule has 1 aliphatic rings. The number of nitrogens with two attached hydrogens (primary N) is 1. The second-order valence-corrected chi connectivity index (χ2v) is 4.88. The lowest BCUT2D eigenvalue weighted by molar-refractivity contribution is -0.132. The van der Waals surface area contributed by atoms with Gasteiger partial charge in [0.1, 0.15) is 0 Å². The number of nitrogens with zero attached hydrogens (tertiary/aromatic N) is 1. The van der Waals surface area contributed by atoms with Gasteiger partial charge in [-0.2, -0.15) is 0 Å². The Morgan fingerprint density at radius 1 is 1.29 bits per heavy atom. The molecule has 0 aromatic rings. The number of hydrogen-bond donors (Lipinski definition) is 1. The Balaban J connectivity index is 2.12. The molecule has 1 amide bonds. The lowest BCUT2D eigenvalue weighted by Crippen LogP contribution is -2.39. The molecule has 0 aliphatic carbocycles. The van der Waals surface area contributed by atoms with Crippen molar-refractivity contribution in [2.24, 2.45) is 11.7 Å². The first-order chi connectivity index (χ1) is 8.27. The zero-order chi connectivity index (χ0) is 12.5. The summed E-state index contributed by atoms with van der Waals surface area (Å²) >= 11 is 0. The number of rotatable bonds is 7. The van der Waals surface area contributed by atoms with E-state index in [1.807, 2.05) is 4.90 Å². The van der Waals surface area contributed by atoms with Gasteiger partial charge >= 0.3 is 0 Å². The first kappa shape index (κ1) is 14.5. The van der Waals surface area contributed by atoms with Crippen LogP contribution in [0.5, 0.6) is 0 Å².